The lowest BCUT2D eigenvalue weighted by atomic mass is 9.87. The summed E-state index contributed by atoms with van der Waals surface area (Å²) >= 11 is 0. The Bertz CT molecular complexity index is 251. The lowest BCUT2D eigenvalue weighted by Crippen LogP contribution is -1.99. The van der Waals surface area contributed by atoms with Gasteiger partial charge in [-0.1, -0.05) is 29.4 Å². The van der Waals surface area contributed by atoms with Gasteiger partial charge < -0.3 is 0 Å². The Labute approximate surface area is 68.3 Å². The van der Waals surface area contributed by atoms with Crippen LogP contribution in [0, 0.1) is 0 Å². The van der Waals surface area contributed by atoms with Gasteiger partial charge in [-0.25, -0.2) is 0 Å². The molecular weight excluding hydrogens is 132 g/mol. The van der Waals surface area contributed by atoms with Gasteiger partial charge in [-0.3, -0.25) is 0 Å². The monoisotopic (exact) mass is 146 g/mol. The highest BCUT2D eigenvalue weighted by Gasteiger charge is 2.10. The first-order chi connectivity index (χ1) is 5.36. The second-order valence-electron chi connectivity index (χ2n) is 3.49. The van der Waals surface area contributed by atoms with E-state index in [2.05, 4.69) is 25.2 Å². The first kappa shape index (κ1) is 6.90. The molecule has 58 valence electrons. The van der Waals surface area contributed by atoms with Crippen LogP contribution in [0.2, 0.25) is 0 Å². The highest BCUT2D eigenvalue weighted by Crippen LogP contribution is 2.30. The Morgan fingerprint density at radius 3 is 3.00 bits per heavy atom. The van der Waals surface area contributed by atoms with E-state index in [1.807, 2.05) is 0 Å². The fourth-order valence-electron chi connectivity index (χ4n) is 1.84. The van der Waals surface area contributed by atoms with E-state index in [9.17, 15) is 0 Å². The molecule has 0 unspecified atom stereocenters. The van der Waals surface area contributed by atoms with Crippen molar-refractivity contribution in [3.63, 3.8) is 0 Å². The molecule has 0 atom stereocenters. The van der Waals surface area contributed by atoms with Crippen LogP contribution >= 0.6 is 0 Å². The summed E-state index contributed by atoms with van der Waals surface area (Å²) in [6.45, 7) is 2.23. The normalized spacial score (nSPS) is 23.2. The number of hydrogen-bond acceptors (Lipinski definition) is 0. The highest BCUT2D eigenvalue weighted by molar-refractivity contribution is 5.42. The molecule has 0 aromatic heterocycles. The van der Waals surface area contributed by atoms with Gasteiger partial charge in [-0.15, -0.1) is 0 Å². The number of allylic oxidation sites excluding steroid dienone is 6. The molecule has 0 bridgehead atoms. The molecule has 2 rings (SSSR count). The third-order valence-electron chi connectivity index (χ3n) is 2.54. The first-order valence-electron chi connectivity index (χ1n) is 4.42. The molecule has 0 heteroatoms. The van der Waals surface area contributed by atoms with Crippen molar-refractivity contribution in [1.82, 2.24) is 0 Å². The first-order valence-corrected chi connectivity index (χ1v) is 4.42. The average Bonchev–Trinajstić information content (AvgIpc) is 2.04. The van der Waals surface area contributed by atoms with E-state index < -0.39 is 0 Å². The van der Waals surface area contributed by atoms with Crippen molar-refractivity contribution in [1.29, 1.82) is 0 Å². The summed E-state index contributed by atoms with van der Waals surface area (Å²) < 4.78 is 0. The molecule has 0 aliphatic heterocycles. The lowest BCUT2D eigenvalue weighted by molar-refractivity contribution is 0.806. The molecule has 11 heavy (non-hydrogen) atoms. The minimum absolute atomic E-state index is 1.26. The highest BCUT2D eigenvalue weighted by atomic mass is 14.2. The fourth-order valence-corrected chi connectivity index (χ4v) is 1.84. The van der Waals surface area contributed by atoms with E-state index in [0.29, 0.717) is 0 Å². The van der Waals surface area contributed by atoms with Crippen molar-refractivity contribution in [2.75, 3.05) is 0 Å². The molecule has 0 heterocycles. The third kappa shape index (κ3) is 1.30. The SMILES string of the molecule is CC1=CC2=C(CCC=C2)CC1. The molecule has 0 N–H and O–H groups in total. The van der Waals surface area contributed by atoms with Gasteiger partial charge in [0.05, 0.1) is 0 Å². The van der Waals surface area contributed by atoms with Gasteiger partial charge >= 0.3 is 0 Å². The van der Waals surface area contributed by atoms with Crippen LogP contribution in [0.3, 0.4) is 0 Å². The maximum Gasteiger partial charge on any atom is -0.0268 e. The van der Waals surface area contributed by atoms with Crippen LogP contribution in [0.15, 0.2) is 34.9 Å². The molecule has 2 aliphatic rings. The Morgan fingerprint density at radius 2 is 2.09 bits per heavy atom. The van der Waals surface area contributed by atoms with Crippen LogP contribution in [-0.2, 0) is 0 Å². The van der Waals surface area contributed by atoms with Gasteiger partial charge in [0.2, 0.25) is 0 Å². The predicted octanol–water partition coefficient (Wildman–Crippen LogP) is 3.37. The number of rotatable bonds is 0. The fraction of sp³-hybridized carbons (Fsp3) is 0.455. The van der Waals surface area contributed by atoms with Crippen molar-refractivity contribution >= 4 is 0 Å². The average molecular weight is 146 g/mol. The molecule has 0 nitrogen and oxygen atoms in total. The summed E-state index contributed by atoms with van der Waals surface area (Å²) in [5.41, 5.74) is 4.72. The summed E-state index contributed by atoms with van der Waals surface area (Å²) in [6.07, 6.45) is 12.1. The van der Waals surface area contributed by atoms with E-state index in [-0.39, 0.29) is 0 Å². The smallest absolute Gasteiger partial charge is 0.0268 e. The maximum atomic E-state index is 2.34. The van der Waals surface area contributed by atoms with Gasteiger partial charge in [-0.2, -0.15) is 0 Å². The Hall–Kier alpha value is -0.780. The second kappa shape index (κ2) is 2.69. The van der Waals surface area contributed by atoms with E-state index in [1.165, 1.54) is 36.8 Å². The molecule has 0 aromatic carbocycles. The maximum absolute atomic E-state index is 2.34. The van der Waals surface area contributed by atoms with Crippen LogP contribution in [-0.4, -0.2) is 0 Å². The molecule has 0 amide bonds. The van der Waals surface area contributed by atoms with E-state index in [1.54, 1.807) is 5.57 Å². The van der Waals surface area contributed by atoms with Crippen LogP contribution in [0.5, 0.6) is 0 Å². The zero-order valence-electron chi connectivity index (χ0n) is 7.06. The molecule has 2 aliphatic carbocycles. The van der Waals surface area contributed by atoms with Gasteiger partial charge in [-0.05, 0) is 38.2 Å². The molecule has 0 spiro atoms. The topological polar surface area (TPSA) is 0 Å². The Morgan fingerprint density at radius 1 is 1.18 bits per heavy atom. The summed E-state index contributed by atoms with van der Waals surface area (Å²) in [5, 5.41) is 0. The largest absolute Gasteiger partial charge is 0.0836 e. The van der Waals surface area contributed by atoms with Crippen LogP contribution < -0.4 is 0 Å². The molecule has 0 aromatic rings. The van der Waals surface area contributed by atoms with Crippen molar-refractivity contribution in [3.8, 4) is 0 Å². The molecule has 0 saturated heterocycles. The lowest BCUT2D eigenvalue weighted by Gasteiger charge is -2.18. The zero-order valence-corrected chi connectivity index (χ0v) is 7.06. The molecular formula is C11H14. The molecule has 0 radical (unpaired) electrons. The van der Waals surface area contributed by atoms with Gasteiger partial charge in [0.1, 0.15) is 0 Å². The standard InChI is InChI=1S/C11H14/c1-9-6-7-10-4-2-3-5-11(10)8-9/h3,5,8H,2,4,6-7H2,1H3. The van der Waals surface area contributed by atoms with E-state index in [0.717, 1.165) is 0 Å². The summed E-state index contributed by atoms with van der Waals surface area (Å²) in [7, 11) is 0. The minimum Gasteiger partial charge on any atom is -0.0836 e. The number of hydrogen-bond donors (Lipinski definition) is 0. The van der Waals surface area contributed by atoms with Gasteiger partial charge in [0.25, 0.3) is 0 Å². The summed E-state index contributed by atoms with van der Waals surface area (Å²) in [6, 6.07) is 0. The van der Waals surface area contributed by atoms with Crippen LogP contribution in [0.1, 0.15) is 32.6 Å². The van der Waals surface area contributed by atoms with Crippen molar-refractivity contribution in [3.05, 3.63) is 34.9 Å². The van der Waals surface area contributed by atoms with Crippen LogP contribution in [0.4, 0.5) is 0 Å². The predicted molar refractivity (Wildman–Crippen MR) is 48.4 cm³/mol. The Kier molecular flexibility index (Phi) is 1.69. The van der Waals surface area contributed by atoms with E-state index >= 15 is 0 Å². The summed E-state index contributed by atoms with van der Waals surface area (Å²) in [5.74, 6) is 0. The quantitative estimate of drug-likeness (QED) is 0.491. The molecule has 0 saturated carbocycles. The Balaban J connectivity index is 2.33. The van der Waals surface area contributed by atoms with Crippen LogP contribution in [0.25, 0.3) is 0 Å². The van der Waals surface area contributed by atoms with Gasteiger partial charge in [0.15, 0.2) is 0 Å². The van der Waals surface area contributed by atoms with Crippen molar-refractivity contribution < 1.29 is 0 Å². The molecule has 0 fully saturated rings. The minimum atomic E-state index is 1.26. The van der Waals surface area contributed by atoms with E-state index in [4.69, 9.17) is 0 Å². The second-order valence-corrected chi connectivity index (χ2v) is 3.49. The summed E-state index contributed by atoms with van der Waals surface area (Å²) in [4.78, 5) is 0. The van der Waals surface area contributed by atoms with Gasteiger partial charge in [0, 0.05) is 0 Å². The third-order valence-corrected chi connectivity index (χ3v) is 2.54. The van der Waals surface area contributed by atoms with Crippen molar-refractivity contribution in [2.45, 2.75) is 32.6 Å². The van der Waals surface area contributed by atoms with Crippen molar-refractivity contribution in [2.24, 2.45) is 0 Å². The zero-order chi connectivity index (χ0) is 7.68.